The van der Waals surface area contributed by atoms with Gasteiger partial charge < -0.3 is 5.32 Å². The number of halogens is 2. The number of aryl methyl sites for hydroxylation is 1. The van der Waals surface area contributed by atoms with E-state index < -0.39 is 5.54 Å². The first-order chi connectivity index (χ1) is 13.2. The summed E-state index contributed by atoms with van der Waals surface area (Å²) in [4.78, 5) is 16.3. The topological polar surface area (TPSA) is 32.3 Å². The van der Waals surface area contributed by atoms with Crippen molar-refractivity contribution < 1.29 is 4.79 Å². The summed E-state index contributed by atoms with van der Waals surface area (Å²) in [6.07, 6.45) is 0. The Labute approximate surface area is 185 Å². The molecule has 8 heteroatoms. The molecule has 0 bridgehead atoms. The van der Waals surface area contributed by atoms with Gasteiger partial charge in [0.2, 0.25) is 0 Å². The summed E-state index contributed by atoms with van der Waals surface area (Å²) in [5, 5.41) is 3.80. The van der Waals surface area contributed by atoms with E-state index in [1.807, 2.05) is 39.0 Å². The number of amides is 2. The molecule has 0 saturated carbocycles. The minimum atomic E-state index is -0.547. The molecule has 1 N–H and O–H groups in total. The van der Waals surface area contributed by atoms with E-state index in [-0.39, 0.29) is 6.03 Å². The highest BCUT2D eigenvalue weighted by atomic mass is 35.5. The second-order valence-electron chi connectivity index (χ2n) is 7.13. The number of fused-ring (bicyclic) bond motifs is 3. The number of rotatable bonds is 1. The fourth-order valence-electron chi connectivity index (χ4n) is 3.45. The zero-order valence-corrected chi connectivity index (χ0v) is 19.3. The van der Waals surface area contributed by atoms with Crippen LogP contribution < -0.4 is 10.2 Å². The van der Waals surface area contributed by atoms with Gasteiger partial charge in [-0.2, -0.15) is 0 Å². The number of carbonyl (C=O) groups excluding carboxylic acids is 1. The van der Waals surface area contributed by atoms with Crippen molar-refractivity contribution >= 4 is 73.5 Å². The molecule has 0 atom stereocenters. The van der Waals surface area contributed by atoms with Crippen molar-refractivity contribution in [3.63, 3.8) is 0 Å². The Morgan fingerprint density at radius 1 is 1.11 bits per heavy atom. The number of anilines is 2. The Hall–Kier alpha value is -1.44. The molecule has 2 amide bonds. The summed E-state index contributed by atoms with van der Waals surface area (Å²) in [7, 11) is 3.21. The molecule has 2 heterocycles. The van der Waals surface area contributed by atoms with Crippen LogP contribution in [0.5, 0.6) is 0 Å². The maximum atomic E-state index is 13.4. The van der Waals surface area contributed by atoms with Crippen molar-refractivity contribution in [3.8, 4) is 11.1 Å². The lowest BCUT2D eigenvalue weighted by Gasteiger charge is -2.42. The van der Waals surface area contributed by atoms with E-state index in [0.717, 1.165) is 31.1 Å². The average molecular weight is 467 g/mol. The molecule has 1 aliphatic heterocycles. The normalized spacial score (nSPS) is 14.4. The van der Waals surface area contributed by atoms with Gasteiger partial charge in [0.25, 0.3) is 0 Å². The predicted octanol–water partition coefficient (Wildman–Crippen LogP) is 8.11. The van der Waals surface area contributed by atoms with E-state index in [0.29, 0.717) is 15.7 Å². The lowest BCUT2D eigenvalue weighted by atomic mass is 9.87. The van der Waals surface area contributed by atoms with Crippen LogP contribution in [0.25, 0.3) is 11.1 Å². The second-order valence-corrected chi connectivity index (χ2v) is 10.8. The lowest BCUT2D eigenvalue weighted by molar-refractivity contribution is 0.251. The summed E-state index contributed by atoms with van der Waals surface area (Å²) >= 11 is 17.7. The first-order valence-electron chi connectivity index (χ1n) is 8.51. The van der Waals surface area contributed by atoms with Crippen molar-refractivity contribution in [1.29, 1.82) is 0 Å². The standard InChI is InChI=1S/C20H16Cl2N2OS3/c1-10-4-6-12-15(8-10)24(20(2,3)17-16(12)18(26)28-27-17)19(25)23-11-5-7-13(21)14(22)9-11/h4-9H,1-3H3,(H,23,25). The van der Waals surface area contributed by atoms with Crippen molar-refractivity contribution in [2.75, 3.05) is 10.2 Å². The van der Waals surface area contributed by atoms with Crippen LogP contribution in [0.1, 0.15) is 24.3 Å². The fourth-order valence-corrected chi connectivity index (χ4v) is 7.03. The summed E-state index contributed by atoms with van der Waals surface area (Å²) in [6, 6.07) is 11.0. The number of carbonyl (C=O) groups is 1. The van der Waals surface area contributed by atoms with E-state index in [9.17, 15) is 4.79 Å². The SMILES string of the molecule is Cc1ccc2c(c1)N(C(=O)Nc1ccc(Cl)c(Cl)c1)C(C)(C)c1ssc(=S)c1-2. The highest BCUT2D eigenvalue weighted by molar-refractivity contribution is 7.80. The third kappa shape index (κ3) is 3.17. The van der Waals surface area contributed by atoms with Gasteiger partial charge in [0.15, 0.2) is 0 Å². The molecule has 1 aromatic heterocycles. The molecule has 0 spiro atoms. The maximum Gasteiger partial charge on any atom is 0.327 e. The summed E-state index contributed by atoms with van der Waals surface area (Å²) < 4.78 is 0.864. The number of nitrogens with zero attached hydrogens (tertiary/aromatic N) is 1. The Bertz CT molecular complexity index is 1170. The maximum absolute atomic E-state index is 13.4. The molecule has 3 aromatic rings. The number of nitrogens with one attached hydrogen (secondary N) is 1. The van der Waals surface area contributed by atoms with Gasteiger partial charge in [-0.05, 0) is 50.6 Å². The third-order valence-corrected chi connectivity index (χ3v) is 8.85. The predicted molar refractivity (Wildman–Crippen MR) is 124 cm³/mol. The molecule has 0 unspecified atom stereocenters. The molecule has 4 rings (SSSR count). The van der Waals surface area contributed by atoms with Crippen LogP contribution in [-0.2, 0) is 5.54 Å². The van der Waals surface area contributed by atoms with Gasteiger partial charge in [-0.3, -0.25) is 4.90 Å². The monoisotopic (exact) mass is 466 g/mol. The molecule has 144 valence electrons. The molecule has 0 radical (unpaired) electrons. The minimum absolute atomic E-state index is 0.231. The smallest absolute Gasteiger partial charge is 0.307 e. The van der Waals surface area contributed by atoms with Crippen LogP contribution in [0, 0.1) is 10.7 Å². The molecule has 1 aliphatic rings. The zero-order valence-electron chi connectivity index (χ0n) is 15.3. The third-order valence-electron chi connectivity index (χ3n) is 4.78. The Balaban J connectivity index is 1.84. The number of hydrogen-bond donors (Lipinski definition) is 1. The molecule has 0 fully saturated rings. The van der Waals surface area contributed by atoms with Gasteiger partial charge in [-0.1, -0.05) is 68.2 Å². The molecule has 0 saturated heterocycles. The van der Waals surface area contributed by atoms with Gasteiger partial charge in [-0.15, -0.1) is 0 Å². The number of urea groups is 1. The molecule has 2 aromatic carbocycles. The van der Waals surface area contributed by atoms with Crippen LogP contribution in [0.4, 0.5) is 16.2 Å². The zero-order chi connectivity index (χ0) is 20.2. The first-order valence-corrected chi connectivity index (χ1v) is 11.8. The van der Waals surface area contributed by atoms with E-state index >= 15 is 0 Å². The molecule has 3 nitrogen and oxygen atoms in total. The van der Waals surface area contributed by atoms with E-state index in [1.54, 1.807) is 43.8 Å². The second kappa shape index (κ2) is 7.11. The van der Waals surface area contributed by atoms with Crippen molar-refractivity contribution in [1.82, 2.24) is 0 Å². The van der Waals surface area contributed by atoms with Gasteiger partial charge in [-0.25, -0.2) is 4.79 Å². The van der Waals surface area contributed by atoms with Crippen molar-refractivity contribution in [2.24, 2.45) is 0 Å². The number of benzene rings is 2. The summed E-state index contributed by atoms with van der Waals surface area (Å²) in [5.74, 6) is 0. The van der Waals surface area contributed by atoms with Gasteiger partial charge >= 0.3 is 6.03 Å². The van der Waals surface area contributed by atoms with E-state index in [1.165, 1.54) is 0 Å². The molecular formula is C20H16Cl2N2OS3. The molecule has 0 aliphatic carbocycles. The van der Waals surface area contributed by atoms with Gasteiger partial charge in [0.05, 0.1) is 26.1 Å². The summed E-state index contributed by atoms with van der Waals surface area (Å²) in [5.41, 5.74) is 4.04. The Morgan fingerprint density at radius 3 is 2.57 bits per heavy atom. The average Bonchev–Trinajstić information content (AvgIpc) is 3.01. The van der Waals surface area contributed by atoms with Crippen LogP contribution in [0.3, 0.4) is 0 Å². The van der Waals surface area contributed by atoms with Crippen molar-refractivity contribution in [2.45, 2.75) is 26.3 Å². The van der Waals surface area contributed by atoms with Gasteiger partial charge in [0.1, 0.15) is 3.82 Å². The van der Waals surface area contributed by atoms with Crippen LogP contribution in [-0.4, -0.2) is 6.03 Å². The van der Waals surface area contributed by atoms with Gasteiger partial charge in [0, 0.05) is 16.8 Å². The number of hydrogen-bond acceptors (Lipinski definition) is 4. The first kappa shape index (κ1) is 19.9. The molecule has 28 heavy (non-hydrogen) atoms. The fraction of sp³-hybridized carbons (Fsp3) is 0.200. The van der Waals surface area contributed by atoms with E-state index in [4.69, 9.17) is 35.4 Å². The largest absolute Gasteiger partial charge is 0.327 e. The highest BCUT2D eigenvalue weighted by Gasteiger charge is 2.43. The van der Waals surface area contributed by atoms with E-state index in [2.05, 4.69) is 5.32 Å². The lowest BCUT2D eigenvalue weighted by Crippen LogP contribution is -2.49. The Morgan fingerprint density at radius 2 is 1.86 bits per heavy atom. The molecular weight excluding hydrogens is 451 g/mol. The van der Waals surface area contributed by atoms with Crippen LogP contribution >= 0.6 is 56.1 Å². The van der Waals surface area contributed by atoms with Crippen LogP contribution in [0.2, 0.25) is 10.0 Å². The quantitative estimate of drug-likeness (QED) is 0.290. The highest BCUT2D eigenvalue weighted by Crippen LogP contribution is 2.52. The summed E-state index contributed by atoms with van der Waals surface area (Å²) in [6.45, 7) is 6.11. The minimum Gasteiger partial charge on any atom is -0.307 e. The van der Waals surface area contributed by atoms with Crippen LogP contribution in [0.15, 0.2) is 36.4 Å². The van der Waals surface area contributed by atoms with Crippen molar-refractivity contribution in [3.05, 3.63) is 60.7 Å². The Kier molecular flexibility index (Phi) is 5.04.